The number of nitrogens with one attached hydrogen (secondary N) is 2. The molecule has 0 aliphatic carbocycles. The van der Waals surface area contributed by atoms with Crippen LogP contribution in [0.1, 0.15) is 19.4 Å². The number of fused-ring (bicyclic) bond motifs is 1. The van der Waals surface area contributed by atoms with Crippen molar-refractivity contribution in [3.05, 3.63) is 83.8 Å². The Morgan fingerprint density at radius 3 is 2.20 bits per heavy atom. The minimum Gasteiger partial charge on any atom is -0.369 e. The van der Waals surface area contributed by atoms with E-state index >= 15 is 0 Å². The molecule has 6 heteroatoms. The Labute approximate surface area is 174 Å². The number of hydrogen-bond donors (Lipinski definition) is 4. The Balaban J connectivity index is 2.02. The number of aromatic nitrogens is 2. The number of benzene rings is 2. The topological polar surface area (TPSA) is 118 Å². The van der Waals surface area contributed by atoms with Crippen LogP contribution in [0.4, 0.5) is 0 Å². The van der Waals surface area contributed by atoms with Gasteiger partial charge in [-0.05, 0) is 43.2 Å². The van der Waals surface area contributed by atoms with Crippen molar-refractivity contribution in [3.63, 3.8) is 0 Å². The summed E-state index contributed by atoms with van der Waals surface area (Å²) in [5, 5.41) is 16.1. The SMILES string of the molecule is CC(C)(N)c1ccc(-c2nc3ccc(=N)n(C(=N)N)c3cc2-c2ccccc2)cc1. The number of hydrogen-bond acceptors (Lipinski definition) is 4. The molecule has 2 aromatic carbocycles. The van der Waals surface area contributed by atoms with Gasteiger partial charge in [0, 0.05) is 16.7 Å². The third-order valence-electron chi connectivity index (χ3n) is 5.14. The van der Waals surface area contributed by atoms with Crippen LogP contribution < -0.4 is 17.0 Å². The van der Waals surface area contributed by atoms with Gasteiger partial charge in [-0.1, -0.05) is 54.6 Å². The highest BCUT2D eigenvalue weighted by Crippen LogP contribution is 2.33. The highest BCUT2D eigenvalue weighted by atomic mass is 15.1. The summed E-state index contributed by atoms with van der Waals surface area (Å²) < 4.78 is 1.39. The van der Waals surface area contributed by atoms with E-state index in [-0.39, 0.29) is 11.4 Å². The van der Waals surface area contributed by atoms with Gasteiger partial charge in [-0.3, -0.25) is 15.4 Å². The summed E-state index contributed by atoms with van der Waals surface area (Å²) in [5.74, 6) is -0.214. The number of nitrogens with zero attached hydrogens (tertiary/aromatic N) is 2. The van der Waals surface area contributed by atoms with Crippen LogP contribution in [0, 0.1) is 10.8 Å². The molecule has 4 aromatic rings. The fraction of sp³-hybridized carbons (Fsp3) is 0.125. The minimum absolute atomic E-state index is 0.137. The minimum atomic E-state index is -0.421. The summed E-state index contributed by atoms with van der Waals surface area (Å²) in [4.78, 5) is 4.91. The van der Waals surface area contributed by atoms with Gasteiger partial charge in [-0.15, -0.1) is 0 Å². The van der Waals surface area contributed by atoms with Gasteiger partial charge in [0.05, 0.1) is 16.7 Å². The molecule has 0 aliphatic heterocycles. The second-order valence-electron chi connectivity index (χ2n) is 7.89. The lowest BCUT2D eigenvalue weighted by Gasteiger charge is -2.20. The average molecular weight is 396 g/mol. The summed E-state index contributed by atoms with van der Waals surface area (Å²) in [7, 11) is 0. The first-order chi connectivity index (χ1) is 14.3. The average Bonchev–Trinajstić information content (AvgIpc) is 2.72. The predicted octanol–water partition coefficient (Wildman–Crippen LogP) is 3.79. The summed E-state index contributed by atoms with van der Waals surface area (Å²) in [5.41, 5.74) is 17.7. The van der Waals surface area contributed by atoms with Crippen LogP contribution >= 0.6 is 0 Å². The maximum Gasteiger partial charge on any atom is 0.198 e. The third kappa shape index (κ3) is 3.49. The van der Waals surface area contributed by atoms with Crippen molar-refractivity contribution >= 4 is 17.0 Å². The number of pyridine rings is 2. The Kier molecular flexibility index (Phi) is 4.72. The molecule has 2 heterocycles. The molecular weight excluding hydrogens is 372 g/mol. The van der Waals surface area contributed by atoms with E-state index in [1.165, 1.54) is 4.57 Å². The predicted molar refractivity (Wildman–Crippen MR) is 121 cm³/mol. The lowest BCUT2D eigenvalue weighted by atomic mass is 9.92. The largest absolute Gasteiger partial charge is 0.369 e. The maximum atomic E-state index is 8.16. The Morgan fingerprint density at radius 1 is 0.933 bits per heavy atom. The second kappa shape index (κ2) is 7.24. The molecular formula is C24H24N6. The van der Waals surface area contributed by atoms with Crippen molar-refractivity contribution in [2.75, 3.05) is 0 Å². The van der Waals surface area contributed by atoms with E-state index in [0.717, 1.165) is 27.9 Å². The highest BCUT2D eigenvalue weighted by Gasteiger charge is 2.17. The maximum absolute atomic E-state index is 8.16. The molecule has 6 N–H and O–H groups in total. The van der Waals surface area contributed by atoms with Gasteiger partial charge in [-0.2, -0.15) is 0 Å². The Hall–Kier alpha value is -3.77. The van der Waals surface area contributed by atoms with Gasteiger partial charge >= 0.3 is 0 Å². The van der Waals surface area contributed by atoms with Gasteiger partial charge in [0.1, 0.15) is 5.49 Å². The third-order valence-corrected chi connectivity index (χ3v) is 5.14. The standard InChI is InChI=1S/C24H24N6/c1-24(2,28)17-10-8-16(9-11-17)22-18(15-6-4-3-5-7-15)14-20-19(29-22)12-13-21(25)30(20)23(26)27/h3-14,25H,28H2,1-2H3,(H3,26,27). The number of nitrogens with two attached hydrogens (primary N) is 2. The van der Waals surface area contributed by atoms with Gasteiger partial charge in [0.2, 0.25) is 0 Å². The summed E-state index contributed by atoms with van der Waals surface area (Å²) in [6.07, 6.45) is 0. The van der Waals surface area contributed by atoms with E-state index in [0.29, 0.717) is 11.0 Å². The zero-order valence-corrected chi connectivity index (χ0v) is 17.0. The smallest absolute Gasteiger partial charge is 0.198 e. The van der Waals surface area contributed by atoms with Gasteiger partial charge in [0.25, 0.3) is 0 Å². The molecule has 0 saturated heterocycles. The molecule has 0 saturated carbocycles. The lowest BCUT2D eigenvalue weighted by Crippen LogP contribution is -2.32. The van der Waals surface area contributed by atoms with Crippen molar-refractivity contribution in [1.29, 1.82) is 10.8 Å². The molecule has 0 aliphatic rings. The van der Waals surface area contributed by atoms with Crippen LogP contribution in [0.5, 0.6) is 0 Å². The summed E-state index contributed by atoms with van der Waals surface area (Å²) in [6, 6.07) is 23.4. The molecule has 0 radical (unpaired) electrons. The van der Waals surface area contributed by atoms with Crippen molar-refractivity contribution in [3.8, 4) is 22.4 Å². The molecule has 30 heavy (non-hydrogen) atoms. The van der Waals surface area contributed by atoms with E-state index < -0.39 is 5.54 Å². The first-order valence-corrected chi connectivity index (χ1v) is 9.67. The first kappa shape index (κ1) is 19.5. The molecule has 2 aromatic heterocycles. The van der Waals surface area contributed by atoms with Crippen LogP contribution in [0.15, 0.2) is 72.8 Å². The molecule has 150 valence electrons. The molecule has 0 unspecified atom stereocenters. The molecule has 0 atom stereocenters. The quantitative estimate of drug-likeness (QED) is 0.312. The van der Waals surface area contributed by atoms with Crippen molar-refractivity contribution in [1.82, 2.24) is 9.55 Å². The Bertz CT molecular complexity index is 1300. The molecule has 0 amide bonds. The molecule has 4 rings (SSSR count). The summed E-state index contributed by atoms with van der Waals surface area (Å²) >= 11 is 0. The number of nitrogen functional groups attached to an aromatic ring is 1. The van der Waals surface area contributed by atoms with Gasteiger partial charge < -0.3 is 11.5 Å². The van der Waals surface area contributed by atoms with Crippen LogP contribution in [-0.2, 0) is 5.54 Å². The monoisotopic (exact) mass is 396 g/mol. The van der Waals surface area contributed by atoms with E-state index in [9.17, 15) is 0 Å². The van der Waals surface area contributed by atoms with Gasteiger partial charge in [0.15, 0.2) is 5.96 Å². The van der Waals surface area contributed by atoms with Crippen molar-refractivity contribution < 1.29 is 0 Å². The van der Waals surface area contributed by atoms with Crippen LogP contribution in [0.3, 0.4) is 0 Å². The highest BCUT2D eigenvalue weighted by molar-refractivity contribution is 5.94. The van der Waals surface area contributed by atoms with Crippen molar-refractivity contribution in [2.24, 2.45) is 11.5 Å². The van der Waals surface area contributed by atoms with Crippen LogP contribution in [0.25, 0.3) is 33.4 Å². The second-order valence-corrected chi connectivity index (χ2v) is 7.89. The molecule has 0 fully saturated rings. The van der Waals surface area contributed by atoms with Crippen molar-refractivity contribution in [2.45, 2.75) is 19.4 Å². The van der Waals surface area contributed by atoms with E-state index in [2.05, 4.69) is 0 Å². The van der Waals surface area contributed by atoms with Crippen LogP contribution in [-0.4, -0.2) is 15.5 Å². The number of rotatable bonds is 3. The van der Waals surface area contributed by atoms with Gasteiger partial charge in [-0.25, -0.2) is 4.98 Å². The fourth-order valence-corrected chi connectivity index (χ4v) is 3.56. The van der Waals surface area contributed by atoms with E-state index in [1.54, 1.807) is 12.1 Å². The van der Waals surface area contributed by atoms with E-state index in [1.807, 2.05) is 74.5 Å². The first-order valence-electron chi connectivity index (χ1n) is 9.67. The Morgan fingerprint density at radius 2 is 1.60 bits per heavy atom. The molecule has 0 bridgehead atoms. The molecule has 0 spiro atoms. The summed E-state index contributed by atoms with van der Waals surface area (Å²) in [6.45, 7) is 3.95. The fourth-order valence-electron chi connectivity index (χ4n) is 3.56. The zero-order chi connectivity index (χ0) is 21.5. The van der Waals surface area contributed by atoms with E-state index in [4.69, 9.17) is 27.3 Å². The molecule has 6 nitrogen and oxygen atoms in total. The van der Waals surface area contributed by atoms with Crippen LogP contribution in [0.2, 0.25) is 0 Å². The normalized spacial score (nSPS) is 11.6. The lowest BCUT2D eigenvalue weighted by molar-refractivity contribution is 0.554. The zero-order valence-electron chi connectivity index (χ0n) is 17.0.